The maximum atomic E-state index is 10.3. The molecule has 1 saturated heterocycles. The molecule has 160 valence electrons. The Labute approximate surface area is 174 Å². The number of hydrogen-bond acceptors (Lipinski definition) is 6. The quantitative estimate of drug-likeness (QED) is 0.576. The number of piperidine rings is 1. The zero-order valence-electron chi connectivity index (χ0n) is 17.8. The first-order valence-corrected chi connectivity index (χ1v) is 10.9. The van der Waals surface area contributed by atoms with Crippen molar-refractivity contribution in [3.05, 3.63) is 35.9 Å². The van der Waals surface area contributed by atoms with E-state index in [9.17, 15) is 5.11 Å². The van der Waals surface area contributed by atoms with Crippen LogP contribution in [0, 0.1) is 0 Å². The Morgan fingerprint density at radius 1 is 1.21 bits per heavy atom. The second-order valence-electron chi connectivity index (χ2n) is 7.87. The summed E-state index contributed by atoms with van der Waals surface area (Å²) in [7, 11) is 1.73. The first-order valence-electron chi connectivity index (χ1n) is 10.9. The van der Waals surface area contributed by atoms with E-state index in [-0.39, 0.29) is 6.10 Å². The van der Waals surface area contributed by atoms with Crippen molar-refractivity contribution in [2.24, 2.45) is 0 Å². The summed E-state index contributed by atoms with van der Waals surface area (Å²) < 4.78 is 11.2. The van der Waals surface area contributed by atoms with Gasteiger partial charge < -0.3 is 19.3 Å². The highest BCUT2D eigenvalue weighted by molar-refractivity contribution is 5.68. The summed E-state index contributed by atoms with van der Waals surface area (Å²) >= 11 is 0. The van der Waals surface area contributed by atoms with E-state index in [1.54, 1.807) is 7.11 Å². The highest BCUT2D eigenvalue weighted by atomic mass is 16.5. The lowest BCUT2D eigenvalue weighted by atomic mass is 10.0. The molecular formula is C23H35N3O3. The minimum absolute atomic E-state index is 0.337. The molecule has 1 aliphatic rings. The average molecular weight is 402 g/mol. The number of methoxy groups -OCH3 is 1. The van der Waals surface area contributed by atoms with Crippen LogP contribution in [0.1, 0.15) is 44.6 Å². The van der Waals surface area contributed by atoms with Gasteiger partial charge in [-0.05, 0) is 32.1 Å². The SMILES string of the molecule is CCC(O)CN(CCCOC)Cc1c(-c2ccccc2)noc1N1CCCCC1. The predicted molar refractivity (Wildman–Crippen MR) is 116 cm³/mol. The van der Waals surface area contributed by atoms with Gasteiger partial charge in [-0.1, -0.05) is 42.4 Å². The van der Waals surface area contributed by atoms with Gasteiger partial charge in [0, 0.05) is 52.0 Å². The average Bonchev–Trinajstić information content (AvgIpc) is 3.18. The molecule has 0 saturated carbocycles. The molecule has 6 nitrogen and oxygen atoms in total. The van der Waals surface area contributed by atoms with Crippen LogP contribution in [0.5, 0.6) is 0 Å². The molecule has 1 N–H and O–H groups in total. The van der Waals surface area contributed by atoms with Crippen LogP contribution in [-0.2, 0) is 11.3 Å². The third kappa shape index (κ3) is 6.04. The van der Waals surface area contributed by atoms with Gasteiger partial charge in [-0.2, -0.15) is 0 Å². The second kappa shape index (κ2) is 11.3. The molecule has 1 aromatic heterocycles. The molecule has 1 atom stereocenters. The fraction of sp³-hybridized carbons (Fsp3) is 0.609. The molecule has 29 heavy (non-hydrogen) atoms. The largest absolute Gasteiger partial charge is 0.392 e. The fourth-order valence-corrected chi connectivity index (χ4v) is 3.93. The van der Waals surface area contributed by atoms with Crippen molar-refractivity contribution in [1.82, 2.24) is 10.1 Å². The molecule has 0 radical (unpaired) electrons. The first kappa shape index (κ1) is 21.8. The number of ether oxygens (including phenoxy) is 1. The molecule has 0 spiro atoms. The van der Waals surface area contributed by atoms with Gasteiger partial charge in [0.25, 0.3) is 0 Å². The maximum absolute atomic E-state index is 10.3. The van der Waals surface area contributed by atoms with Crippen LogP contribution in [0.4, 0.5) is 5.88 Å². The van der Waals surface area contributed by atoms with Crippen LogP contribution >= 0.6 is 0 Å². The molecule has 6 heteroatoms. The number of nitrogens with zero attached hydrogens (tertiary/aromatic N) is 3. The Hall–Kier alpha value is -1.89. The molecule has 0 amide bonds. The number of aliphatic hydroxyl groups excluding tert-OH is 1. The van der Waals surface area contributed by atoms with Crippen LogP contribution < -0.4 is 4.90 Å². The van der Waals surface area contributed by atoms with Gasteiger partial charge >= 0.3 is 0 Å². The number of benzene rings is 1. The second-order valence-corrected chi connectivity index (χ2v) is 7.87. The Balaban J connectivity index is 1.88. The summed E-state index contributed by atoms with van der Waals surface area (Å²) in [5.74, 6) is 0.895. The molecular weight excluding hydrogens is 366 g/mol. The highest BCUT2D eigenvalue weighted by Crippen LogP contribution is 2.34. The zero-order valence-corrected chi connectivity index (χ0v) is 17.8. The van der Waals surface area contributed by atoms with Gasteiger partial charge in [0.1, 0.15) is 5.69 Å². The predicted octanol–water partition coefficient (Wildman–Crippen LogP) is 3.94. The Morgan fingerprint density at radius 2 is 1.97 bits per heavy atom. The molecule has 0 aliphatic carbocycles. The summed E-state index contributed by atoms with van der Waals surface area (Å²) in [5, 5.41) is 14.8. The van der Waals surface area contributed by atoms with Crippen molar-refractivity contribution in [2.45, 2.75) is 51.7 Å². The van der Waals surface area contributed by atoms with Crippen LogP contribution in [0.2, 0.25) is 0 Å². The Morgan fingerprint density at radius 3 is 2.66 bits per heavy atom. The number of anilines is 1. The Kier molecular flexibility index (Phi) is 8.52. The maximum Gasteiger partial charge on any atom is 0.232 e. The number of hydrogen-bond donors (Lipinski definition) is 1. The van der Waals surface area contributed by atoms with Crippen molar-refractivity contribution < 1.29 is 14.4 Å². The number of aliphatic hydroxyl groups is 1. The van der Waals surface area contributed by atoms with E-state index >= 15 is 0 Å². The van der Waals surface area contributed by atoms with Crippen LogP contribution in [0.25, 0.3) is 11.3 Å². The van der Waals surface area contributed by atoms with E-state index < -0.39 is 0 Å². The van der Waals surface area contributed by atoms with Gasteiger partial charge in [-0.25, -0.2) is 0 Å². The molecule has 1 aromatic carbocycles. The van der Waals surface area contributed by atoms with Gasteiger partial charge in [0.05, 0.1) is 11.7 Å². The summed E-state index contributed by atoms with van der Waals surface area (Å²) in [6.45, 7) is 6.97. The van der Waals surface area contributed by atoms with Crippen molar-refractivity contribution in [1.29, 1.82) is 0 Å². The lowest BCUT2D eigenvalue weighted by molar-refractivity contribution is 0.0968. The zero-order chi connectivity index (χ0) is 20.5. The number of rotatable bonds is 11. The molecule has 3 rings (SSSR count). The van der Waals surface area contributed by atoms with Crippen molar-refractivity contribution in [2.75, 3.05) is 44.8 Å². The van der Waals surface area contributed by atoms with Crippen molar-refractivity contribution in [3.63, 3.8) is 0 Å². The molecule has 1 aliphatic heterocycles. The third-order valence-corrected chi connectivity index (χ3v) is 5.60. The van der Waals surface area contributed by atoms with Crippen LogP contribution in [-0.4, -0.2) is 61.2 Å². The van der Waals surface area contributed by atoms with Gasteiger partial charge in [-0.3, -0.25) is 4.90 Å². The van der Waals surface area contributed by atoms with Crippen molar-refractivity contribution >= 4 is 5.88 Å². The molecule has 1 fully saturated rings. The minimum Gasteiger partial charge on any atom is -0.392 e. The topological polar surface area (TPSA) is 62.0 Å². The summed E-state index contributed by atoms with van der Waals surface area (Å²) in [4.78, 5) is 4.64. The molecule has 1 unspecified atom stereocenters. The van der Waals surface area contributed by atoms with Crippen LogP contribution in [0.3, 0.4) is 0 Å². The summed E-state index contributed by atoms with van der Waals surface area (Å²) in [6, 6.07) is 10.2. The van der Waals surface area contributed by atoms with Gasteiger partial charge in [-0.15, -0.1) is 0 Å². The Bertz CT molecular complexity index is 713. The van der Waals surface area contributed by atoms with Gasteiger partial charge in [0.15, 0.2) is 0 Å². The first-order chi connectivity index (χ1) is 14.2. The lowest BCUT2D eigenvalue weighted by Gasteiger charge is -2.29. The smallest absolute Gasteiger partial charge is 0.232 e. The van der Waals surface area contributed by atoms with Crippen molar-refractivity contribution in [3.8, 4) is 11.3 Å². The van der Waals surface area contributed by atoms with E-state index in [0.29, 0.717) is 19.7 Å². The lowest BCUT2D eigenvalue weighted by Crippen LogP contribution is -2.34. The standard InChI is InChI=1S/C23H35N3O3/c1-3-20(27)17-25(13-10-16-28-2)18-21-22(19-11-6-4-7-12-19)24-29-23(21)26-14-8-5-9-15-26/h4,6-7,11-12,20,27H,3,5,8-10,13-18H2,1-2H3. The highest BCUT2D eigenvalue weighted by Gasteiger charge is 2.25. The summed E-state index contributed by atoms with van der Waals surface area (Å²) in [6.07, 6.45) is 4.99. The number of aromatic nitrogens is 1. The third-order valence-electron chi connectivity index (χ3n) is 5.60. The minimum atomic E-state index is -0.337. The fourth-order valence-electron chi connectivity index (χ4n) is 3.93. The van der Waals surface area contributed by atoms with E-state index in [4.69, 9.17) is 9.26 Å². The molecule has 0 bridgehead atoms. The summed E-state index contributed by atoms with van der Waals surface area (Å²) in [5.41, 5.74) is 3.11. The van der Waals surface area contributed by atoms with E-state index in [1.807, 2.05) is 25.1 Å². The van der Waals surface area contributed by atoms with E-state index in [2.05, 4.69) is 27.1 Å². The van der Waals surface area contributed by atoms with E-state index in [1.165, 1.54) is 19.3 Å². The normalized spacial score (nSPS) is 15.8. The van der Waals surface area contributed by atoms with E-state index in [0.717, 1.165) is 55.2 Å². The molecule has 2 aromatic rings. The monoisotopic (exact) mass is 401 g/mol. The van der Waals surface area contributed by atoms with Gasteiger partial charge in [0.2, 0.25) is 5.88 Å². The van der Waals surface area contributed by atoms with Crippen LogP contribution in [0.15, 0.2) is 34.9 Å². The molecule has 2 heterocycles.